The van der Waals surface area contributed by atoms with Crippen molar-refractivity contribution in [2.75, 3.05) is 24.5 Å². The molecule has 3 N–H and O–H groups in total. The topological polar surface area (TPSA) is 90.5 Å². The lowest BCUT2D eigenvalue weighted by Gasteiger charge is -2.17. The molecule has 0 spiro atoms. The van der Waals surface area contributed by atoms with Crippen molar-refractivity contribution in [3.05, 3.63) is 29.3 Å². The summed E-state index contributed by atoms with van der Waals surface area (Å²) >= 11 is 5.84. The van der Waals surface area contributed by atoms with E-state index in [1.165, 1.54) is 6.92 Å². The molecule has 0 radical (unpaired) electrons. The highest BCUT2D eigenvalue weighted by Gasteiger charge is 2.31. The van der Waals surface area contributed by atoms with Crippen molar-refractivity contribution in [2.45, 2.75) is 19.4 Å². The average Bonchev–Trinajstić information content (AvgIpc) is 2.85. The van der Waals surface area contributed by atoms with E-state index in [9.17, 15) is 14.4 Å². The summed E-state index contributed by atoms with van der Waals surface area (Å²) < 4.78 is 0. The lowest BCUT2D eigenvalue weighted by Crippen LogP contribution is -2.45. The molecule has 1 aromatic rings. The predicted molar refractivity (Wildman–Crippen MR) is 87.4 cm³/mol. The van der Waals surface area contributed by atoms with Crippen LogP contribution >= 0.6 is 11.6 Å². The van der Waals surface area contributed by atoms with E-state index in [1.807, 2.05) is 0 Å². The SMILES string of the molecule is CC(=O)NCCNC(=O)NC1CC(=O)N(c2ccc(Cl)cc2)C1. The summed E-state index contributed by atoms with van der Waals surface area (Å²) in [4.78, 5) is 36.1. The molecule has 2 rings (SSSR count). The molecule has 1 atom stereocenters. The molecule has 0 bridgehead atoms. The van der Waals surface area contributed by atoms with E-state index in [-0.39, 0.29) is 30.3 Å². The zero-order valence-electron chi connectivity index (χ0n) is 12.8. The normalized spacial score (nSPS) is 17.0. The van der Waals surface area contributed by atoms with Gasteiger partial charge in [-0.25, -0.2) is 4.79 Å². The lowest BCUT2D eigenvalue weighted by atomic mass is 10.2. The molecule has 1 aliphatic rings. The van der Waals surface area contributed by atoms with Crippen LogP contribution in [0.25, 0.3) is 0 Å². The zero-order valence-corrected chi connectivity index (χ0v) is 13.5. The molecule has 124 valence electrons. The van der Waals surface area contributed by atoms with Gasteiger partial charge in [0, 0.05) is 43.7 Å². The summed E-state index contributed by atoms with van der Waals surface area (Å²) in [5.74, 6) is -0.192. The Labute approximate surface area is 139 Å². The van der Waals surface area contributed by atoms with Gasteiger partial charge in [-0.2, -0.15) is 0 Å². The fraction of sp³-hybridized carbons (Fsp3) is 0.400. The summed E-state index contributed by atoms with van der Waals surface area (Å²) in [6, 6.07) is 6.39. The first kappa shape index (κ1) is 17.1. The van der Waals surface area contributed by atoms with Crippen LogP contribution in [0.2, 0.25) is 5.02 Å². The molecular formula is C15H19ClN4O3. The number of hydrogen-bond acceptors (Lipinski definition) is 3. The second kappa shape index (κ2) is 7.82. The first-order valence-corrected chi connectivity index (χ1v) is 7.68. The third kappa shape index (κ3) is 5.14. The summed E-state index contributed by atoms with van der Waals surface area (Å²) in [6.07, 6.45) is 0.252. The maximum atomic E-state index is 12.1. The van der Waals surface area contributed by atoms with E-state index >= 15 is 0 Å². The van der Waals surface area contributed by atoms with Crippen LogP contribution in [0.15, 0.2) is 24.3 Å². The van der Waals surface area contributed by atoms with Gasteiger partial charge in [0.05, 0.1) is 6.04 Å². The predicted octanol–water partition coefficient (Wildman–Crippen LogP) is 0.881. The number of hydrogen-bond donors (Lipinski definition) is 3. The van der Waals surface area contributed by atoms with Gasteiger partial charge >= 0.3 is 6.03 Å². The smallest absolute Gasteiger partial charge is 0.315 e. The van der Waals surface area contributed by atoms with Crippen molar-refractivity contribution in [1.82, 2.24) is 16.0 Å². The molecule has 1 aliphatic heterocycles. The van der Waals surface area contributed by atoms with E-state index in [4.69, 9.17) is 11.6 Å². The number of halogens is 1. The maximum Gasteiger partial charge on any atom is 0.315 e. The Hall–Kier alpha value is -2.28. The summed E-state index contributed by atoms with van der Waals surface area (Å²) in [7, 11) is 0. The van der Waals surface area contributed by atoms with Crippen LogP contribution in [0.5, 0.6) is 0 Å². The monoisotopic (exact) mass is 338 g/mol. The van der Waals surface area contributed by atoms with Gasteiger partial charge in [0.2, 0.25) is 11.8 Å². The van der Waals surface area contributed by atoms with E-state index in [1.54, 1.807) is 29.2 Å². The largest absolute Gasteiger partial charge is 0.355 e. The van der Waals surface area contributed by atoms with Gasteiger partial charge in [-0.05, 0) is 24.3 Å². The molecule has 8 heteroatoms. The maximum absolute atomic E-state index is 12.1. The minimum atomic E-state index is -0.355. The van der Waals surface area contributed by atoms with Crippen molar-refractivity contribution in [3.8, 4) is 0 Å². The number of carbonyl (C=O) groups is 3. The molecule has 23 heavy (non-hydrogen) atoms. The van der Waals surface area contributed by atoms with Crippen molar-refractivity contribution < 1.29 is 14.4 Å². The number of urea groups is 1. The Morgan fingerprint density at radius 2 is 1.87 bits per heavy atom. The Bertz CT molecular complexity index is 591. The van der Waals surface area contributed by atoms with Gasteiger partial charge in [-0.15, -0.1) is 0 Å². The molecule has 0 aromatic heterocycles. The summed E-state index contributed by atoms with van der Waals surface area (Å²) in [5, 5.41) is 8.57. The number of benzene rings is 1. The van der Waals surface area contributed by atoms with Gasteiger partial charge in [-0.1, -0.05) is 11.6 Å². The Balaban J connectivity index is 1.79. The quantitative estimate of drug-likeness (QED) is 0.696. The molecule has 1 fully saturated rings. The fourth-order valence-corrected chi connectivity index (χ4v) is 2.45. The van der Waals surface area contributed by atoms with E-state index in [2.05, 4.69) is 16.0 Å². The zero-order chi connectivity index (χ0) is 16.8. The second-order valence-electron chi connectivity index (χ2n) is 5.27. The lowest BCUT2D eigenvalue weighted by molar-refractivity contribution is -0.119. The summed E-state index contributed by atoms with van der Waals surface area (Å²) in [5.41, 5.74) is 0.759. The standard InChI is InChI=1S/C15H19ClN4O3/c1-10(21)17-6-7-18-15(23)19-12-8-14(22)20(9-12)13-4-2-11(16)3-5-13/h2-5,12H,6-9H2,1H3,(H,17,21)(H2,18,19,23). The Morgan fingerprint density at radius 1 is 1.22 bits per heavy atom. The minimum absolute atomic E-state index is 0.0455. The number of rotatable bonds is 5. The van der Waals surface area contributed by atoms with E-state index in [0.717, 1.165) is 5.69 Å². The van der Waals surface area contributed by atoms with E-state index < -0.39 is 0 Å². The molecule has 1 heterocycles. The third-order valence-electron chi connectivity index (χ3n) is 3.38. The van der Waals surface area contributed by atoms with Gasteiger partial charge in [0.1, 0.15) is 0 Å². The van der Waals surface area contributed by atoms with Crippen molar-refractivity contribution >= 4 is 35.1 Å². The number of anilines is 1. The number of carbonyl (C=O) groups excluding carboxylic acids is 3. The van der Waals surface area contributed by atoms with Crippen LogP contribution in [-0.4, -0.2) is 43.5 Å². The van der Waals surface area contributed by atoms with Crippen LogP contribution < -0.4 is 20.9 Å². The molecule has 4 amide bonds. The van der Waals surface area contributed by atoms with Crippen LogP contribution in [0.4, 0.5) is 10.5 Å². The van der Waals surface area contributed by atoms with Crippen molar-refractivity contribution in [1.29, 1.82) is 0 Å². The fourth-order valence-electron chi connectivity index (χ4n) is 2.33. The van der Waals surface area contributed by atoms with Gasteiger partial charge in [-0.3, -0.25) is 9.59 Å². The molecule has 1 saturated heterocycles. The Morgan fingerprint density at radius 3 is 2.52 bits per heavy atom. The molecule has 1 aromatic carbocycles. The Kier molecular flexibility index (Phi) is 5.81. The third-order valence-corrected chi connectivity index (χ3v) is 3.64. The molecule has 0 aliphatic carbocycles. The van der Waals surface area contributed by atoms with Crippen molar-refractivity contribution in [3.63, 3.8) is 0 Å². The van der Waals surface area contributed by atoms with Crippen LogP contribution in [-0.2, 0) is 9.59 Å². The first-order valence-electron chi connectivity index (χ1n) is 7.30. The minimum Gasteiger partial charge on any atom is -0.355 e. The number of nitrogens with zero attached hydrogens (tertiary/aromatic N) is 1. The highest BCUT2D eigenvalue weighted by molar-refractivity contribution is 6.30. The van der Waals surface area contributed by atoms with E-state index in [0.29, 0.717) is 24.7 Å². The number of amides is 4. The molecular weight excluding hydrogens is 320 g/mol. The highest BCUT2D eigenvalue weighted by Crippen LogP contribution is 2.23. The molecule has 0 saturated carbocycles. The first-order chi connectivity index (χ1) is 11.0. The van der Waals surface area contributed by atoms with Crippen LogP contribution in [0.3, 0.4) is 0 Å². The molecule has 7 nitrogen and oxygen atoms in total. The summed E-state index contributed by atoms with van der Waals surface area (Å²) in [6.45, 7) is 2.52. The second-order valence-corrected chi connectivity index (χ2v) is 5.70. The van der Waals surface area contributed by atoms with Crippen LogP contribution in [0.1, 0.15) is 13.3 Å². The molecule has 1 unspecified atom stereocenters. The van der Waals surface area contributed by atoms with Gasteiger partial charge < -0.3 is 20.9 Å². The van der Waals surface area contributed by atoms with Gasteiger partial charge in [0.25, 0.3) is 0 Å². The average molecular weight is 339 g/mol. The highest BCUT2D eigenvalue weighted by atomic mass is 35.5. The van der Waals surface area contributed by atoms with Crippen molar-refractivity contribution in [2.24, 2.45) is 0 Å². The van der Waals surface area contributed by atoms with Crippen LogP contribution in [0, 0.1) is 0 Å². The number of nitrogens with one attached hydrogen (secondary N) is 3. The van der Waals surface area contributed by atoms with Gasteiger partial charge in [0.15, 0.2) is 0 Å².